The summed E-state index contributed by atoms with van der Waals surface area (Å²) in [5, 5.41) is 2.92. The third-order valence-corrected chi connectivity index (χ3v) is 3.25. The number of hydrogen-bond acceptors (Lipinski definition) is 3. The number of carbonyl (C=O) groups is 1. The molecular weight excluding hydrogens is 264 g/mol. The van der Waals surface area contributed by atoms with Crippen LogP contribution >= 0.6 is 0 Å². The molecule has 0 spiro atoms. The third-order valence-electron chi connectivity index (χ3n) is 3.25. The van der Waals surface area contributed by atoms with E-state index in [1.54, 1.807) is 19.2 Å². The Morgan fingerprint density at radius 3 is 2.57 bits per heavy atom. The molecule has 0 aliphatic carbocycles. The molecule has 4 heteroatoms. The molecule has 0 atom stereocenters. The first kappa shape index (κ1) is 14.9. The first-order valence-corrected chi connectivity index (χ1v) is 6.92. The van der Waals surface area contributed by atoms with Gasteiger partial charge in [-0.15, -0.1) is 0 Å². The van der Waals surface area contributed by atoms with E-state index in [0.29, 0.717) is 18.7 Å². The van der Waals surface area contributed by atoms with Crippen LogP contribution < -0.4 is 15.8 Å². The van der Waals surface area contributed by atoms with Gasteiger partial charge in [-0.25, -0.2) is 0 Å². The quantitative estimate of drug-likeness (QED) is 0.799. The van der Waals surface area contributed by atoms with Crippen molar-refractivity contribution in [3.05, 3.63) is 59.7 Å². The number of methoxy groups -OCH3 is 1. The van der Waals surface area contributed by atoms with E-state index in [2.05, 4.69) is 5.32 Å². The Hall–Kier alpha value is -2.49. The van der Waals surface area contributed by atoms with Crippen molar-refractivity contribution in [3.8, 4) is 5.75 Å². The maximum absolute atomic E-state index is 11.9. The molecule has 3 N–H and O–H groups in total. The second kappa shape index (κ2) is 7.33. The summed E-state index contributed by atoms with van der Waals surface area (Å²) in [6.07, 6.45) is 1.11. The minimum atomic E-state index is 0.00895. The molecule has 110 valence electrons. The SMILES string of the molecule is COc1ccccc1CCNC(=O)Cc1ccc(N)cc1. The molecular formula is C17H20N2O2. The van der Waals surface area contributed by atoms with Crippen LogP contribution in [0.2, 0.25) is 0 Å². The number of rotatable bonds is 6. The van der Waals surface area contributed by atoms with Gasteiger partial charge in [0, 0.05) is 12.2 Å². The number of carbonyl (C=O) groups excluding carboxylic acids is 1. The van der Waals surface area contributed by atoms with Crippen molar-refractivity contribution >= 4 is 11.6 Å². The lowest BCUT2D eigenvalue weighted by molar-refractivity contribution is -0.120. The summed E-state index contributed by atoms with van der Waals surface area (Å²) < 4.78 is 5.29. The van der Waals surface area contributed by atoms with E-state index >= 15 is 0 Å². The van der Waals surface area contributed by atoms with Crippen LogP contribution in [0.5, 0.6) is 5.75 Å². The molecule has 0 fully saturated rings. The number of nitrogen functional groups attached to an aromatic ring is 1. The van der Waals surface area contributed by atoms with E-state index in [1.165, 1.54) is 0 Å². The maximum Gasteiger partial charge on any atom is 0.224 e. The molecule has 1 amide bonds. The standard InChI is InChI=1S/C17H20N2O2/c1-21-16-5-3-2-4-14(16)10-11-19-17(20)12-13-6-8-15(18)9-7-13/h2-9H,10-12,18H2,1H3,(H,19,20). The molecule has 4 nitrogen and oxygen atoms in total. The molecule has 2 aromatic carbocycles. The van der Waals surface area contributed by atoms with Gasteiger partial charge >= 0.3 is 0 Å². The highest BCUT2D eigenvalue weighted by Gasteiger charge is 2.05. The highest BCUT2D eigenvalue weighted by atomic mass is 16.5. The molecule has 0 heterocycles. The number of amides is 1. The third kappa shape index (κ3) is 4.53. The Bertz CT molecular complexity index is 594. The van der Waals surface area contributed by atoms with E-state index in [1.807, 2.05) is 36.4 Å². The first-order chi connectivity index (χ1) is 10.2. The molecule has 0 saturated carbocycles. The van der Waals surface area contributed by atoms with Gasteiger partial charge in [0.2, 0.25) is 5.91 Å². The van der Waals surface area contributed by atoms with E-state index in [0.717, 1.165) is 23.3 Å². The van der Waals surface area contributed by atoms with Crippen LogP contribution in [0.15, 0.2) is 48.5 Å². The molecule has 0 aliphatic heterocycles. The van der Waals surface area contributed by atoms with Crippen LogP contribution in [-0.2, 0) is 17.6 Å². The Morgan fingerprint density at radius 1 is 1.14 bits per heavy atom. The fourth-order valence-corrected chi connectivity index (χ4v) is 2.13. The summed E-state index contributed by atoms with van der Waals surface area (Å²) >= 11 is 0. The zero-order chi connectivity index (χ0) is 15.1. The van der Waals surface area contributed by atoms with E-state index < -0.39 is 0 Å². The Morgan fingerprint density at radius 2 is 1.86 bits per heavy atom. The van der Waals surface area contributed by atoms with Crippen molar-refractivity contribution < 1.29 is 9.53 Å². The topological polar surface area (TPSA) is 64.3 Å². The summed E-state index contributed by atoms with van der Waals surface area (Å²) in [4.78, 5) is 11.9. The second-order valence-corrected chi connectivity index (χ2v) is 4.83. The van der Waals surface area contributed by atoms with Crippen LogP contribution in [-0.4, -0.2) is 19.6 Å². The van der Waals surface area contributed by atoms with Gasteiger partial charge in [0.25, 0.3) is 0 Å². The predicted octanol–water partition coefficient (Wildman–Crippen LogP) is 2.18. The molecule has 0 radical (unpaired) electrons. The lowest BCUT2D eigenvalue weighted by Gasteiger charge is -2.09. The molecule has 21 heavy (non-hydrogen) atoms. The van der Waals surface area contributed by atoms with Gasteiger partial charge in [-0.1, -0.05) is 30.3 Å². The monoisotopic (exact) mass is 284 g/mol. The van der Waals surface area contributed by atoms with Gasteiger partial charge in [0.05, 0.1) is 13.5 Å². The predicted molar refractivity (Wildman–Crippen MR) is 84.3 cm³/mol. The van der Waals surface area contributed by atoms with Gasteiger partial charge in [0.1, 0.15) is 5.75 Å². The number of nitrogens with one attached hydrogen (secondary N) is 1. The Kier molecular flexibility index (Phi) is 5.21. The largest absolute Gasteiger partial charge is 0.496 e. The number of hydrogen-bond donors (Lipinski definition) is 2. The van der Waals surface area contributed by atoms with Crippen molar-refractivity contribution in [2.45, 2.75) is 12.8 Å². The average Bonchev–Trinajstić information content (AvgIpc) is 2.50. The first-order valence-electron chi connectivity index (χ1n) is 6.92. The van der Waals surface area contributed by atoms with Gasteiger partial charge in [-0.2, -0.15) is 0 Å². The number of para-hydroxylation sites is 1. The number of benzene rings is 2. The van der Waals surface area contributed by atoms with Crippen LogP contribution in [0.3, 0.4) is 0 Å². The summed E-state index contributed by atoms with van der Waals surface area (Å²) in [7, 11) is 1.65. The van der Waals surface area contributed by atoms with Crippen LogP contribution in [0.1, 0.15) is 11.1 Å². The lowest BCUT2D eigenvalue weighted by atomic mass is 10.1. The summed E-state index contributed by atoms with van der Waals surface area (Å²) in [6, 6.07) is 15.2. The van der Waals surface area contributed by atoms with Gasteiger partial charge < -0.3 is 15.8 Å². The van der Waals surface area contributed by atoms with Gasteiger partial charge in [-0.3, -0.25) is 4.79 Å². The summed E-state index contributed by atoms with van der Waals surface area (Å²) in [5.41, 5.74) is 8.37. The van der Waals surface area contributed by atoms with Crippen molar-refractivity contribution in [2.24, 2.45) is 0 Å². The Labute approximate surface area is 124 Å². The lowest BCUT2D eigenvalue weighted by Crippen LogP contribution is -2.27. The highest BCUT2D eigenvalue weighted by Crippen LogP contribution is 2.17. The smallest absolute Gasteiger partial charge is 0.224 e. The fourth-order valence-electron chi connectivity index (χ4n) is 2.13. The van der Waals surface area contributed by atoms with Crippen LogP contribution in [0.25, 0.3) is 0 Å². The zero-order valence-electron chi connectivity index (χ0n) is 12.1. The molecule has 0 saturated heterocycles. The zero-order valence-corrected chi connectivity index (χ0v) is 12.1. The molecule has 0 aliphatic rings. The molecule has 0 unspecified atom stereocenters. The average molecular weight is 284 g/mol. The van der Waals surface area contributed by atoms with Gasteiger partial charge in [0.15, 0.2) is 0 Å². The second-order valence-electron chi connectivity index (χ2n) is 4.83. The van der Waals surface area contributed by atoms with Crippen LogP contribution in [0, 0.1) is 0 Å². The molecule has 0 aromatic heterocycles. The number of anilines is 1. The maximum atomic E-state index is 11.9. The normalized spacial score (nSPS) is 10.1. The molecule has 0 bridgehead atoms. The van der Waals surface area contributed by atoms with Crippen molar-refractivity contribution in [1.82, 2.24) is 5.32 Å². The fraction of sp³-hybridized carbons (Fsp3) is 0.235. The minimum absolute atomic E-state index is 0.00895. The van der Waals surface area contributed by atoms with Crippen molar-refractivity contribution in [2.75, 3.05) is 19.4 Å². The van der Waals surface area contributed by atoms with E-state index in [4.69, 9.17) is 10.5 Å². The van der Waals surface area contributed by atoms with Gasteiger partial charge in [-0.05, 0) is 35.7 Å². The minimum Gasteiger partial charge on any atom is -0.496 e. The highest BCUT2D eigenvalue weighted by molar-refractivity contribution is 5.78. The van der Waals surface area contributed by atoms with Crippen molar-refractivity contribution in [1.29, 1.82) is 0 Å². The van der Waals surface area contributed by atoms with Crippen LogP contribution in [0.4, 0.5) is 5.69 Å². The Balaban J connectivity index is 1.80. The van der Waals surface area contributed by atoms with E-state index in [-0.39, 0.29) is 5.91 Å². The van der Waals surface area contributed by atoms with Crippen molar-refractivity contribution in [3.63, 3.8) is 0 Å². The number of nitrogens with two attached hydrogens (primary N) is 1. The molecule has 2 aromatic rings. The summed E-state index contributed by atoms with van der Waals surface area (Å²) in [5.74, 6) is 0.861. The number of ether oxygens (including phenoxy) is 1. The summed E-state index contributed by atoms with van der Waals surface area (Å²) in [6.45, 7) is 0.591. The molecule has 2 rings (SSSR count). The van der Waals surface area contributed by atoms with E-state index in [9.17, 15) is 4.79 Å².